The Kier molecular flexibility index (Phi) is 3.30. The summed E-state index contributed by atoms with van der Waals surface area (Å²) >= 11 is 0. The van der Waals surface area contributed by atoms with Gasteiger partial charge in [0, 0.05) is 10.8 Å². The van der Waals surface area contributed by atoms with E-state index in [2.05, 4.69) is 34.9 Å². The fraction of sp³-hybridized carbons (Fsp3) is 0. The van der Waals surface area contributed by atoms with E-state index >= 15 is 0 Å². The van der Waals surface area contributed by atoms with Crippen LogP contribution in [0.3, 0.4) is 0 Å². The third-order valence-corrected chi connectivity index (χ3v) is 5.16. The molecular weight excluding hydrogens is 352 g/mol. The molecule has 5 aromatic rings. The first-order valence-corrected chi connectivity index (χ1v) is 8.79. The van der Waals surface area contributed by atoms with Gasteiger partial charge < -0.3 is 22.1 Å². The molecule has 0 bridgehead atoms. The highest BCUT2D eigenvalue weighted by Gasteiger charge is 2.18. The molecule has 0 saturated heterocycles. The molecule has 0 heterocycles. The number of hydrogen-bond acceptors (Lipinski definition) is 2. The normalized spacial score (nSPS) is 11.4. The van der Waals surface area contributed by atoms with Gasteiger partial charge in [0.05, 0.1) is 11.4 Å². The number of urea groups is 2. The predicted octanol–water partition coefficient (Wildman–Crippen LogP) is 4.72. The van der Waals surface area contributed by atoms with Crippen LogP contribution in [0.1, 0.15) is 0 Å². The molecule has 0 radical (unpaired) electrons. The van der Waals surface area contributed by atoms with Gasteiger partial charge >= 0.3 is 12.1 Å². The number of nitrogens with one attached hydrogen (secondary N) is 2. The Balaban J connectivity index is 2.05. The molecule has 5 rings (SSSR count). The van der Waals surface area contributed by atoms with Gasteiger partial charge in [-0.05, 0) is 44.5 Å². The van der Waals surface area contributed by atoms with Crippen LogP contribution in [0.4, 0.5) is 21.0 Å². The van der Waals surface area contributed by atoms with Crippen molar-refractivity contribution in [2.45, 2.75) is 0 Å². The van der Waals surface area contributed by atoms with E-state index in [0.717, 1.165) is 32.3 Å². The molecule has 6 heteroatoms. The van der Waals surface area contributed by atoms with E-state index in [1.807, 2.05) is 24.3 Å². The summed E-state index contributed by atoms with van der Waals surface area (Å²) in [5.41, 5.74) is 11.8. The van der Waals surface area contributed by atoms with Crippen molar-refractivity contribution in [3.63, 3.8) is 0 Å². The Morgan fingerprint density at radius 3 is 1.50 bits per heavy atom. The maximum absolute atomic E-state index is 11.6. The second kappa shape index (κ2) is 5.72. The van der Waals surface area contributed by atoms with E-state index in [-0.39, 0.29) is 0 Å². The molecule has 0 aliphatic carbocycles. The van der Waals surface area contributed by atoms with Gasteiger partial charge in [0.2, 0.25) is 0 Å². The van der Waals surface area contributed by atoms with Gasteiger partial charge in [-0.25, -0.2) is 9.59 Å². The minimum absolute atomic E-state index is 0.517. The molecule has 28 heavy (non-hydrogen) atoms. The number of hydrogen-bond donors (Lipinski definition) is 4. The van der Waals surface area contributed by atoms with Crippen molar-refractivity contribution >= 4 is 66.5 Å². The lowest BCUT2D eigenvalue weighted by Crippen LogP contribution is -2.21. The lowest BCUT2D eigenvalue weighted by atomic mass is 9.89. The first kappa shape index (κ1) is 16.1. The lowest BCUT2D eigenvalue weighted by Gasteiger charge is -2.18. The molecule has 0 aromatic heterocycles. The van der Waals surface area contributed by atoms with Crippen LogP contribution in [0.15, 0.2) is 60.7 Å². The Labute approximate surface area is 159 Å². The molecular formula is C22H16N4O2. The zero-order valence-electron chi connectivity index (χ0n) is 14.7. The van der Waals surface area contributed by atoms with Gasteiger partial charge in [0.1, 0.15) is 0 Å². The quantitative estimate of drug-likeness (QED) is 0.267. The van der Waals surface area contributed by atoms with E-state index in [0.29, 0.717) is 16.8 Å². The van der Waals surface area contributed by atoms with Gasteiger partial charge in [-0.1, -0.05) is 48.5 Å². The average molecular weight is 368 g/mol. The summed E-state index contributed by atoms with van der Waals surface area (Å²) in [5, 5.41) is 13.6. The predicted molar refractivity (Wildman–Crippen MR) is 114 cm³/mol. The maximum Gasteiger partial charge on any atom is 0.316 e. The molecule has 6 N–H and O–H groups in total. The first-order chi connectivity index (χ1) is 13.5. The first-order valence-electron chi connectivity index (χ1n) is 8.79. The molecule has 0 atom stereocenters. The van der Waals surface area contributed by atoms with Crippen molar-refractivity contribution in [1.82, 2.24) is 0 Å². The Bertz CT molecular complexity index is 1320. The van der Waals surface area contributed by atoms with Gasteiger partial charge in [0.15, 0.2) is 0 Å². The van der Waals surface area contributed by atoms with E-state index in [9.17, 15) is 9.59 Å². The summed E-state index contributed by atoms with van der Waals surface area (Å²) in [7, 11) is 0. The third-order valence-electron chi connectivity index (χ3n) is 5.16. The van der Waals surface area contributed by atoms with Crippen molar-refractivity contribution < 1.29 is 9.59 Å². The average Bonchev–Trinajstić information content (AvgIpc) is 2.66. The second-order valence-electron chi connectivity index (χ2n) is 6.76. The van der Waals surface area contributed by atoms with Crippen molar-refractivity contribution in [2.75, 3.05) is 10.6 Å². The number of amides is 4. The summed E-state index contributed by atoms with van der Waals surface area (Å²) in [6, 6.07) is 18.6. The monoisotopic (exact) mass is 368 g/mol. The maximum atomic E-state index is 11.6. The molecule has 0 aliphatic rings. The fourth-order valence-corrected chi connectivity index (χ4v) is 4.21. The largest absolute Gasteiger partial charge is 0.351 e. The van der Waals surface area contributed by atoms with Crippen LogP contribution in [-0.2, 0) is 0 Å². The fourth-order valence-electron chi connectivity index (χ4n) is 4.21. The molecule has 6 nitrogen and oxygen atoms in total. The molecule has 136 valence electrons. The number of benzene rings is 5. The van der Waals surface area contributed by atoms with Gasteiger partial charge in [-0.2, -0.15) is 0 Å². The number of fused-ring (bicyclic) bond motifs is 2. The summed E-state index contributed by atoms with van der Waals surface area (Å²) in [6.45, 7) is 0. The zero-order chi connectivity index (χ0) is 19.4. The Morgan fingerprint density at radius 2 is 1.04 bits per heavy atom. The van der Waals surface area contributed by atoms with E-state index in [1.54, 1.807) is 12.1 Å². The summed E-state index contributed by atoms with van der Waals surface area (Å²) < 4.78 is 0. The second-order valence-corrected chi connectivity index (χ2v) is 6.76. The SMILES string of the molecule is NC(=O)Nc1ccc2c3cccc4cccc(c5ccc(NC(N)=O)c1c25)c43. The minimum Gasteiger partial charge on any atom is -0.351 e. The molecule has 4 amide bonds. The van der Waals surface area contributed by atoms with Crippen LogP contribution in [0.5, 0.6) is 0 Å². The standard InChI is InChI=1S/C22H16N4O2/c23-21(27)25-16-9-7-14-12-5-1-3-11-4-2-6-13(18(11)12)15-8-10-17(26-22(24)28)20(16)19(14)15/h1-10H,(H3,23,25,27)(H3,24,26,28). The highest BCUT2D eigenvalue weighted by molar-refractivity contribution is 6.36. The smallest absolute Gasteiger partial charge is 0.316 e. The van der Waals surface area contributed by atoms with Crippen LogP contribution in [-0.4, -0.2) is 12.1 Å². The van der Waals surface area contributed by atoms with Crippen LogP contribution >= 0.6 is 0 Å². The van der Waals surface area contributed by atoms with E-state index in [4.69, 9.17) is 11.5 Å². The number of carbonyl (C=O) groups is 2. The molecule has 0 saturated carbocycles. The summed E-state index contributed by atoms with van der Waals surface area (Å²) in [5.74, 6) is 0. The number of anilines is 2. The highest BCUT2D eigenvalue weighted by atomic mass is 16.2. The van der Waals surface area contributed by atoms with E-state index < -0.39 is 12.1 Å². The number of primary amides is 2. The van der Waals surface area contributed by atoms with Crippen LogP contribution in [0.2, 0.25) is 0 Å². The van der Waals surface area contributed by atoms with Crippen molar-refractivity contribution in [3.8, 4) is 0 Å². The minimum atomic E-state index is -0.677. The van der Waals surface area contributed by atoms with Crippen molar-refractivity contribution in [2.24, 2.45) is 11.5 Å². The van der Waals surface area contributed by atoms with Crippen LogP contribution in [0.25, 0.3) is 43.1 Å². The topological polar surface area (TPSA) is 110 Å². The summed E-state index contributed by atoms with van der Waals surface area (Å²) in [4.78, 5) is 23.1. The van der Waals surface area contributed by atoms with Gasteiger partial charge in [-0.15, -0.1) is 0 Å². The van der Waals surface area contributed by atoms with Crippen LogP contribution < -0.4 is 22.1 Å². The number of nitrogens with two attached hydrogens (primary N) is 2. The van der Waals surface area contributed by atoms with E-state index in [1.165, 1.54) is 5.39 Å². The molecule has 0 spiro atoms. The molecule has 0 aliphatic heterocycles. The Morgan fingerprint density at radius 1 is 0.571 bits per heavy atom. The number of carbonyl (C=O) groups excluding carboxylic acids is 2. The highest BCUT2D eigenvalue weighted by Crippen LogP contribution is 2.44. The molecule has 0 unspecified atom stereocenters. The summed E-state index contributed by atoms with van der Waals surface area (Å²) in [6.07, 6.45) is 0. The Hall–Kier alpha value is -4.06. The van der Waals surface area contributed by atoms with Gasteiger partial charge in [-0.3, -0.25) is 0 Å². The zero-order valence-corrected chi connectivity index (χ0v) is 14.7. The number of rotatable bonds is 2. The van der Waals surface area contributed by atoms with Crippen LogP contribution in [0, 0.1) is 0 Å². The van der Waals surface area contributed by atoms with Crippen molar-refractivity contribution in [3.05, 3.63) is 60.7 Å². The molecule has 0 fully saturated rings. The van der Waals surface area contributed by atoms with Crippen molar-refractivity contribution in [1.29, 1.82) is 0 Å². The molecule has 5 aromatic carbocycles. The lowest BCUT2D eigenvalue weighted by molar-refractivity contribution is 0.258. The third kappa shape index (κ3) is 2.21. The van der Waals surface area contributed by atoms with Gasteiger partial charge in [0.25, 0.3) is 0 Å².